The summed E-state index contributed by atoms with van der Waals surface area (Å²) in [7, 11) is 0. The van der Waals surface area contributed by atoms with Gasteiger partial charge in [-0.1, -0.05) is 30.3 Å². The molecule has 122 valence electrons. The molecule has 1 saturated heterocycles. The van der Waals surface area contributed by atoms with E-state index in [1.165, 1.54) is 5.56 Å². The number of benzene rings is 1. The van der Waals surface area contributed by atoms with Crippen LogP contribution in [0.1, 0.15) is 24.8 Å². The van der Waals surface area contributed by atoms with Crippen molar-refractivity contribution in [3.05, 3.63) is 35.9 Å². The Morgan fingerprint density at radius 2 is 2.05 bits per heavy atom. The van der Waals surface area contributed by atoms with E-state index in [1.54, 1.807) is 4.90 Å². The molecular weight excluding hydrogens is 280 g/mol. The molecule has 22 heavy (non-hydrogen) atoms. The molecule has 1 fully saturated rings. The molecule has 0 radical (unpaired) electrons. The fraction of sp³-hybridized carbons (Fsp3) is 0.588. The van der Waals surface area contributed by atoms with E-state index in [9.17, 15) is 9.90 Å². The van der Waals surface area contributed by atoms with E-state index in [0.29, 0.717) is 19.5 Å². The Balaban J connectivity index is 1.82. The van der Waals surface area contributed by atoms with Gasteiger partial charge in [-0.3, -0.25) is 4.79 Å². The number of nitrogens with zero attached hydrogens (tertiary/aromatic N) is 1. The average Bonchev–Trinajstić information content (AvgIpc) is 2.53. The first-order valence-corrected chi connectivity index (χ1v) is 8.03. The number of carbonyl (C=O) groups excluding carboxylic acids is 1. The van der Waals surface area contributed by atoms with E-state index in [4.69, 9.17) is 5.11 Å². The summed E-state index contributed by atoms with van der Waals surface area (Å²) >= 11 is 0. The third-order valence-electron chi connectivity index (χ3n) is 4.15. The van der Waals surface area contributed by atoms with Gasteiger partial charge in [0.05, 0.1) is 6.61 Å². The summed E-state index contributed by atoms with van der Waals surface area (Å²) in [4.78, 5) is 14.2. The Kier molecular flexibility index (Phi) is 6.36. The van der Waals surface area contributed by atoms with Gasteiger partial charge >= 0.3 is 0 Å². The van der Waals surface area contributed by atoms with E-state index in [1.807, 2.05) is 18.2 Å². The summed E-state index contributed by atoms with van der Waals surface area (Å²) in [6.45, 7) is 2.00. The molecule has 0 bridgehead atoms. The lowest BCUT2D eigenvalue weighted by molar-refractivity contribution is -0.156. The molecule has 0 aromatic heterocycles. The second-order valence-corrected chi connectivity index (χ2v) is 5.92. The first kappa shape index (κ1) is 16.9. The number of likely N-dealkylation sites (tertiary alicyclic amines) is 1. The number of hydrogen-bond donors (Lipinski definition) is 3. The van der Waals surface area contributed by atoms with Gasteiger partial charge in [-0.25, -0.2) is 0 Å². The molecule has 1 atom stereocenters. The number of nitrogens with one attached hydrogen (secondary N) is 1. The van der Waals surface area contributed by atoms with E-state index >= 15 is 0 Å². The van der Waals surface area contributed by atoms with E-state index in [0.717, 1.165) is 25.8 Å². The summed E-state index contributed by atoms with van der Waals surface area (Å²) in [6.07, 6.45) is 3.13. The number of piperidine rings is 1. The smallest absolute Gasteiger partial charge is 0.255 e. The van der Waals surface area contributed by atoms with Crippen LogP contribution in [0.3, 0.4) is 0 Å². The van der Waals surface area contributed by atoms with Crippen LogP contribution in [-0.2, 0) is 11.2 Å². The first-order valence-electron chi connectivity index (χ1n) is 8.03. The minimum atomic E-state index is -1.32. The van der Waals surface area contributed by atoms with Gasteiger partial charge in [0.25, 0.3) is 5.91 Å². The lowest BCUT2D eigenvalue weighted by Gasteiger charge is -2.38. The zero-order chi connectivity index (χ0) is 15.8. The lowest BCUT2D eigenvalue weighted by atomic mass is 9.91. The van der Waals surface area contributed by atoms with Crippen molar-refractivity contribution >= 4 is 5.91 Å². The first-order chi connectivity index (χ1) is 10.7. The molecule has 1 amide bonds. The van der Waals surface area contributed by atoms with Crippen LogP contribution in [0.2, 0.25) is 0 Å². The maximum atomic E-state index is 12.5. The molecule has 2 rings (SSSR count). The molecule has 3 N–H and O–H groups in total. The SMILES string of the molecule is O=C1N(CCCc2ccccc2)CCCC1(O)CNCCO. The van der Waals surface area contributed by atoms with Crippen molar-refractivity contribution in [3.63, 3.8) is 0 Å². The van der Waals surface area contributed by atoms with Crippen molar-refractivity contribution in [2.75, 3.05) is 32.8 Å². The maximum Gasteiger partial charge on any atom is 0.255 e. The lowest BCUT2D eigenvalue weighted by Crippen LogP contribution is -2.58. The molecule has 5 nitrogen and oxygen atoms in total. The van der Waals surface area contributed by atoms with Crippen molar-refractivity contribution in [2.45, 2.75) is 31.3 Å². The number of aliphatic hydroxyl groups is 2. The Hall–Kier alpha value is -1.43. The van der Waals surface area contributed by atoms with Crippen LogP contribution in [0.5, 0.6) is 0 Å². The van der Waals surface area contributed by atoms with Gasteiger partial charge in [-0.05, 0) is 31.2 Å². The fourth-order valence-corrected chi connectivity index (χ4v) is 2.94. The molecule has 0 aliphatic carbocycles. The Morgan fingerprint density at radius 3 is 2.77 bits per heavy atom. The van der Waals surface area contributed by atoms with Crippen LogP contribution >= 0.6 is 0 Å². The third-order valence-corrected chi connectivity index (χ3v) is 4.15. The molecule has 0 saturated carbocycles. The quantitative estimate of drug-likeness (QED) is 0.614. The summed E-state index contributed by atoms with van der Waals surface area (Å²) < 4.78 is 0. The largest absolute Gasteiger partial charge is 0.395 e. The van der Waals surface area contributed by atoms with Crippen LogP contribution in [-0.4, -0.2) is 59.4 Å². The Labute approximate surface area is 131 Å². The molecule has 0 spiro atoms. The van der Waals surface area contributed by atoms with Crippen LogP contribution < -0.4 is 5.32 Å². The minimum absolute atomic E-state index is 0.00502. The molecule has 1 unspecified atom stereocenters. The zero-order valence-electron chi connectivity index (χ0n) is 13.0. The van der Waals surface area contributed by atoms with Gasteiger partial charge in [-0.2, -0.15) is 0 Å². The van der Waals surface area contributed by atoms with Crippen molar-refractivity contribution in [2.24, 2.45) is 0 Å². The third kappa shape index (κ3) is 4.53. The average molecular weight is 306 g/mol. The minimum Gasteiger partial charge on any atom is -0.395 e. The number of aryl methyl sites for hydroxylation is 1. The van der Waals surface area contributed by atoms with Crippen molar-refractivity contribution in [3.8, 4) is 0 Å². The Morgan fingerprint density at radius 1 is 1.27 bits per heavy atom. The second kappa shape index (κ2) is 8.27. The van der Waals surface area contributed by atoms with E-state index in [-0.39, 0.29) is 19.1 Å². The van der Waals surface area contributed by atoms with Gasteiger partial charge < -0.3 is 20.4 Å². The van der Waals surface area contributed by atoms with Crippen LogP contribution in [0.25, 0.3) is 0 Å². The normalized spacial score (nSPS) is 22.1. The molecule has 5 heteroatoms. The van der Waals surface area contributed by atoms with Crippen molar-refractivity contribution in [1.29, 1.82) is 0 Å². The van der Waals surface area contributed by atoms with Gasteiger partial charge in [0.15, 0.2) is 5.60 Å². The van der Waals surface area contributed by atoms with Crippen LogP contribution in [0.4, 0.5) is 0 Å². The molecule has 1 aromatic carbocycles. The highest BCUT2D eigenvalue weighted by atomic mass is 16.3. The fourth-order valence-electron chi connectivity index (χ4n) is 2.94. The molecule has 1 aliphatic heterocycles. The summed E-state index contributed by atoms with van der Waals surface area (Å²) in [6, 6.07) is 10.2. The predicted molar refractivity (Wildman–Crippen MR) is 85.5 cm³/mol. The molecule has 1 aromatic rings. The molecule has 1 aliphatic rings. The topological polar surface area (TPSA) is 72.8 Å². The van der Waals surface area contributed by atoms with Crippen molar-refractivity contribution < 1.29 is 15.0 Å². The standard InChI is InChI=1S/C17H26N2O3/c20-13-10-18-14-17(22)9-5-12-19(16(17)21)11-4-8-15-6-2-1-3-7-15/h1-3,6-7,18,20,22H,4-5,8-14H2. The number of carbonyl (C=O) groups is 1. The van der Waals surface area contributed by atoms with E-state index < -0.39 is 5.60 Å². The van der Waals surface area contributed by atoms with E-state index in [2.05, 4.69) is 17.4 Å². The van der Waals surface area contributed by atoms with Gasteiger partial charge in [0.1, 0.15) is 0 Å². The van der Waals surface area contributed by atoms with Crippen molar-refractivity contribution in [1.82, 2.24) is 10.2 Å². The zero-order valence-corrected chi connectivity index (χ0v) is 13.0. The summed E-state index contributed by atoms with van der Waals surface area (Å²) in [5, 5.41) is 22.2. The Bertz CT molecular complexity index is 466. The number of hydrogen-bond acceptors (Lipinski definition) is 4. The van der Waals surface area contributed by atoms with Gasteiger partial charge in [0, 0.05) is 26.2 Å². The predicted octanol–water partition coefficient (Wildman–Crippen LogP) is 0.555. The number of rotatable bonds is 8. The summed E-state index contributed by atoms with van der Waals surface area (Å²) in [5.41, 5.74) is -0.0491. The number of amides is 1. The molecule has 1 heterocycles. The number of aliphatic hydroxyl groups excluding tert-OH is 1. The monoisotopic (exact) mass is 306 g/mol. The van der Waals surface area contributed by atoms with Gasteiger partial charge in [-0.15, -0.1) is 0 Å². The highest BCUT2D eigenvalue weighted by Gasteiger charge is 2.41. The summed E-state index contributed by atoms with van der Waals surface area (Å²) in [5.74, 6) is -0.183. The van der Waals surface area contributed by atoms with Gasteiger partial charge in [0.2, 0.25) is 0 Å². The highest BCUT2D eigenvalue weighted by Crippen LogP contribution is 2.22. The van der Waals surface area contributed by atoms with Crippen LogP contribution in [0.15, 0.2) is 30.3 Å². The highest BCUT2D eigenvalue weighted by molar-refractivity contribution is 5.86. The second-order valence-electron chi connectivity index (χ2n) is 5.92. The maximum absolute atomic E-state index is 12.5. The molecular formula is C17H26N2O3. The van der Waals surface area contributed by atoms with Crippen LogP contribution in [0, 0.1) is 0 Å².